The number of aromatic nitrogens is 2. The van der Waals surface area contributed by atoms with Gasteiger partial charge in [-0.25, -0.2) is 9.97 Å². The number of nitrogen functional groups attached to an aromatic ring is 1. The van der Waals surface area contributed by atoms with Gasteiger partial charge in [0.1, 0.15) is 11.6 Å². The summed E-state index contributed by atoms with van der Waals surface area (Å²) in [6, 6.07) is 7.20. The van der Waals surface area contributed by atoms with Crippen molar-refractivity contribution >= 4 is 23.1 Å². The summed E-state index contributed by atoms with van der Waals surface area (Å²) >= 11 is 5.63. The highest BCUT2D eigenvalue weighted by atomic mass is 35.5. The third-order valence-electron chi connectivity index (χ3n) is 2.43. The van der Waals surface area contributed by atoms with Gasteiger partial charge in [-0.2, -0.15) is 0 Å². The average molecular weight is 263 g/mol. The first kappa shape index (κ1) is 12.3. The van der Waals surface area contributed by atoms with Crippen LogP contribution < -0.4 is 10.5 Å². The van der Waals surface area contributed by atoms with Crippen LogP contribution in [0.5, 0.6) is 5.75 Å². The van der Waals surface area contributed by atoms with Crippen LogP contribution in [-0.2, 0) is 0 Å². The Bertz CT molecular complexity index is 600. The minimum atomic E-state index is 0.0593. The fourth-order valence-corrected chi connectivity index (χ4v) is 1.70. The lowest BCUT2D eigenvalue weighted by Crippen LogP contribution is -2.09. The minimum Gasteiger partial charge on any atom is -0.496 e. The van der Waals surface area contributed by atoms with E-state index in [-0.39, 0.29) is 16.8 Å². The molecule has 0 amide bonds. The fraction of sp³-hybridized carbons (Fsp3) is 0.0833. The summed E-state index contributed by atoms with van der Waals surface area (Å²) in [5, 5.41) is 8.20. The molecule has 92 valence electrons. The number of hydrogen-bond donors (Lipinski definition) is 2. The average Bonchev–Trinajstić information content (AvgIpc) is 2.38. The molecule has 1 heterocycles. The third-order valence-corrected chi connectivity index (χ3v) is 2.62. The van der Waals surface area contributed by atoms with Gasteiger partial charge in [-0.15, -0.1) is 0 Å². The van der Waals surface area contributed by atoms with Crippen molar-refractivity contribution in [2.75, 3.05) is 12.8 Å². The highest BCUT2D eigenvalue weighted by Crippen LogP contribution is 2.23. The largest absolute Gasteiger partial charge is 0.496 e. The van der Waals surface area contributed by atoms with E-state index in [1.54, 1.807) is 19.2 Å². The number of ether oxygens (including phenoxy) is 1. The molecule has 0 fully saturated rings. The molecule has 0 saturated carbocycles. The lowest BCUT2D eigenvalue weighted by molar-refractivity contribution is 0.414. The molecule has 0 atom stereocenters. The number of nitrogens with one attached hydrogen (secondary N) is 1. The van der Waals surface area contributed by atoms with Crippen LogP contribution in [0.3, 0.4) is 0 Å². The maximum Gasteiger partial charge on any atom is 0.224 e. The maximum atomic E-state index is 8.14. The predicted octanol–water partition coefficient (Wildman–Crippen LogP) is 2.14. The Morgan fingerprint density at radius 1 is 1.33 bits per heavy atom. The summed E-state index contributed by atoms with van der Waals surface area (Å²) < 4.78 is 5.20. The van der Waals surface area contributed by atoms with E-state index < -0.39 is 0 Å². The molecule has 0 saturated heterocycles. The maximum absolute atomic E-state index is 8.14. The topological polar surface area (TPSA) is 84.9 Å². The van der Waals surface area contributed by atoms with Gasteiger partial charge < -0.3 is 10.5 Å². The molecule has 0 aliphatic rings. The molecule has 1 aromatic heterocycles. The number of benzene rings is 1. The monoisotopic (exact) mass is 262 g/mol. The van der Waals surface area contributed by atoms with Crippen molar-refractivity contribution in [3.8, 4) is 5.75 Å². The van der Waals surface area contributed by atoms with Crippen LogP contribution in [0, 0.1) is 5.41 Å². The number of nitrogens with zero attached hydrogens (tertiary/aromatic N) is 2. The second-order valence-electron chi connectivity index (χ2n) is 3.51. The molecule has 2 aromatic rings. The summed E-state index contributed by atoms with van der Waals surface area (Å²) in [5.41, 5.74) is 6.97. The smallest absolute Gasteiger partial charge is 0.224 e. The molecule has 5 nitrogen and oxygen atoms in total. The van der Waals surface area contributed by atoms with Gasteiger partial charge in [0.2, 0.25) is 5.28 Å². The zero-order valence-corrected chi connectivity index (χ0v) is 10.4. The Morgan fingerprint density at radius 2 is 2.06 bits per heavy atom. The first-order chi connectivity index (χ1) is 8.63. The quantitative estimate of drug-likeness (QED) is 0.655. The summed E-state index contributed by atoms with van der Waals surface area (Å²) in [5.74, 6) is 0.766. The van der Waals surface area contributed by atoms with Gasteiger partial charge in [0.25, 0.3) is 0 Å². The van der Waals surface area contributed by atoms with Gasteiger partial charge in [-0.05, 0) is 23.7 Å². The molecule has 2 rings (SSSR count). The van der Waals surface area contributed by atoms with Crippen molar-refractivity contribution in [3.05, 3.63) is 46.9 Å². The van der Waals surface area contributed by atoms with Crippen molar-refractivity contribution in [3.63, 3.8) is 0 Å². The molecule has 0 spiro atoms. The van der Waals surface area contributed by atoms with Crippen molar-refractivity contribution in [1.82, 2.24) is 9.97 Å². The van der Waals surface area contributed by atoms with Crippen molar-refractivity contribution in [2.24, 2.45) is 0 Å². The number of rotatable bonds is 3. The first-order valence-corrected chi connectivity index (χ1v) is 5.51. The van der Waals surface area contributed by atoms with Gasteiger partial charge in [-0.3, -0.25) is 5.41 Å². The molecule has 1 aromatic carbocycles. The first-order valence-electron chi connectivity index (χ1n) is 5.14. The third kappa shape index (κ3) is 2.26. The van der Waals surface area contributed by atoms with E-state index in [1.165, 1.54) is 6.20 Å². The predicted molar refractivity (Wildman–Crippen MR) is 70.4 cm³/mol. The summed E-state index contributed by atoms with van der Waals surface area (Å²) in [6.07, 6.45) is 1.43. The Kier molecular flexibility index (Phi) is 3.43. The highest BCUT2D eigenvalue weighted by Gasteiger charge is 2.14. The number of para-hydroxylation sites is 1. The number of hydrogen-bond acceptors (Lipinski definition) is 5. The van der Waals surface area contributed by atoms with E-state index in [9.17, 15) is 0 Å². The molecular weight excluding hydrogens is 252 g/mol. The van der Waals surface area contributed by atoms with Crippen LogP contribution in [-0.4, -0.2) is 22.8 Å². The molecule has 18 heavy (non-hydrogen) atoms. The number of nitrogens with two attached hydrogens (primary N) is 1. The summed E-state index contributed by atoms with van der Waals surface area (Å²) in [7, 11) is 1.55. The van der Waals surface area contributed by atoms with Crippen LogP contribution in [0.4, 0.5) is 5.82 Å². The molecule has 6 heteroatoms. The Labute approximate surface area is 109 Å². The molecule has 0 unspecified atom stereocenters. The normalized spacial score (nSPS) is 10.1. The van der Waals surface area contributed by atoms with Gasteiger partial charge in [0.15, 0.2) is 0 Å². The van der Waals surface area contributed by atoms with Gasteiger partial charge in [-0.1, -0.05) is 12.1 Å². The van der Waals surface area contributed by atoms with Crippen LogP contribution in [0.25, 0.3) is 0 Å². The lowest BCUT2D eigenvalue weighted by atomic mass is 10.0. The van der Waals surface area contributed by atoms with E-state index in [2.05, 4.69) is 9.97 Å². The molecule has 3 N–H and O–H groups in total. The zero-order valence-electron chi connectivity index (χ0n) is 9.64. The van der Waals surface area contributed by atoms with Crippen LogP contribution in [0.1, 0.15) is 11.1 Å². The Hall–Kier alpha value is -2.14. The molecule has 0 aliphatic carbocycles. The SMILES string of the molecule is COc1ccccc1C(=N)c1cnc(Cl)nc1N. The van der Waals surface area contributed by atoms with Gasteiger partial charge in [0, 0.05) is 11.8 Å². The molecule has 0 radical (unpaired) electrons. The second-order valence-corrected chi connectivity index (χ2v) is 3.85. The van der Waals surface area contributed by atoms with Crippen LogP contribution in [0.2, 0.25) is 5.28 Å². The van der Waals surface area contributed by atoms with Crippen molar-refractivity contribution in [2.45, 2.75) is 0 Å². The van der Waals surface area contributed by atoms with Crippen LogP contribution >= 0.6 is 11.6 Å². The Balaban J connectivity index is 2.48. The lowest BCUT2D eigenvalue weighted by Gasteiger charge is -2.10. The molecule has 0 aliphatic heterocycles. The van der Waals surface area contributed by atoms with E-state index in [0.29, 0.717) is 16.9 Å². The standard InChI is InChI=1S/C12H11ClN4O/c1-18-9-5-3-2-4-7(9)10(14)8-6-16-12(13)17-11(8)15/h2-6,14H,1H3,(H2,15,16,17). The number of anilines is 1. The van der Waals surface area contributed by atoms with E-state index in [4.69, 9.17) is 27.5 Å². The molecule has 0 bridgehead atoms. The van der Waals surface area contributed by atoms with Crippen LogP contribution in [0.15, 0.2) is 30.5 Å². The Morgan fingerprint density at radius 3 is 2.72 bits per heavy atom. The van der Waals surface area contributed by atoms with E-state index in [1.807, 2.05) is 12.1 Å². The zero-order chi connectivity index (χ0) is 13.1. The van der Waals surface area contributed by atoms with Gasteiger partial charge >= 0.3 is 0 Å². The number of methoxy groups -OCH3 is 1. The fourth-order valence-electron chi connectivity index (χ4n) is 1.56. The number of halogens is 1. The van der Waals surface area contributed by atoms with E-state index in [0.717, 1.165) is 0 Å². The minimum absolute atomic E-state index is 0.0593. The van der Waals surface area contributed by atoms with Crippen molar-refractivity contribution in [1.29, 1.82) is 5.41 Å². The summed E-state index contributed by atoms with van der Waals surface area (Å²) in [6.45, 7) is 0. The van der Waals surface area contributed by atoms with Crippen molar-refractivity contribution < 1.29 is 4.74 Å². The van der Waals surface area contributed by atoms with Gasteiger partial charge in [0.05, 0.1) is 18.4 Å². The van der Waals surface area contributed by atoms with E-state index >= 15 is 0 Å². The molecular formula is C12H11ClN4O. The summed E-state index contributed by atoms with van der Waals surface area (Å²) in [4.78, 5) is 7.66. The highest BCUT2D eigenvalue weighted by molar-refractivity contribution is 6.28. The second kappa shape index (κ2) is 5.01.